The zero-order chi connectivity index (χ0) is 13.3. The highest BCUT2D eigenvalue weighted by Gasteiger charge is 2.43. The molecule has 98 valence electrons. The largest absolute Gasteiger partial charge is 0.316 e. The lowest BCUT2D eigenvalue weighted by Crippen LogP contribution is -2.38. The molecular formula is C15H20FNO. The van der Waals surface area contributed by atoms with Crippen molar-refractivity contribution in [3.8, 4) is 0 Å². The Morgan fingerprint density at radius 2 is 2.17 bits per heavy atom. The summed E-state index contributed by atoms with van der Waals surface area (Å²) in [7, 11) is 0. The predicted molar refractivity (Wildman–Crippen MR) is 70.2 cm³/mol. The average Bonchev–Trinajstić information content (AvgIpc) is 2.82. The lowest BCUT2D eigenvalue weighted by atomic mass is 9.71. The normalized spacial score (nSPS) is 23.6. The lowest BCUT2D eigenvalue weighted by Gasteiger charge is -2.31. The second-order valence-electron chi connectivity index (χ2n) is 5.53. The molecule has 2 rings (SSSR count). The molecule has 18 heavy (non-hydrogen) atoms. The molecule has 1 unspecified atom stereocenters. The fourth-order valence-corrected chi connectivity index (χ4v) is 2.73. The Kier molecular flexibility index (Phi) is 3.53. The van der Waals surface area contributed by atoms with Crippen LogP contribution in [0.5, 0.6) is 0 Å². The average molecular weight is 249 g/mol. The van der Waals surface area contributed by atoms with Gasteiger partial charge in [-0.3, -0.25) is 4.79 Å². The molecular weight excluding hydrogens is 229 g/mol. The van der Waals surface area contributed by atoms with Crippen LogP contribution in [0, 0.1) is 24.1 Å². The van der Waals surface area contributed by atoms with Gasteiger partial charge in [0.2, 0.25) is 0 Å². The Balaban J connectivity index is 2.37. The van der Waals surface area contributed by atoms with E-state index in [-0.39, 0.29) is 22.9 Å². The summed E-state index contributed by atoms with van der Waals surface area (Å²) in [6.45, 7) is 7.47. The highest BCUT2D eigenvalue weighted by molar-refractivity contribution is 6.01. The van der Waals surface area contributed by atoms with E-state index in [1.54, 1.807) is 19.1 Å². The van der Waals surface area contributed by atoms with E-state index in [0.29, 0.717) is 11.1 Å². The Morgan fingerprint density at radius 3 is 2.67 bits per heavy atom. The standard InChI is InChI=1S/C15H20FNO/c1-10(2)15(6-7-17-9-15)14(18)12-4-5-13(16)11(3)8-12/h4-5,8,10,17H,6-7,9H2,1-3H3. The van der Waals surface area contributed by atoms with Crippen molar-refractivity contribution in [1.29, 1.82) is 0 Å². The van der Waals surface area contributed by atoms with Crippen LogP contribution in [0.15, 0.2) is 18.2 Å². The van der Waals surface area contributed by atoms with Crippen LogP contribution in [0.3, 0.4) is 0 Å². The Hall–Kier alpha value is -1.22. The number of Topliss-reactive ketones (excluding diaryl/α,β-unsaturated/α-hetero) is 1. The molecule has 1 aromatic rings. The molecule has 1 heterocycles. The van der Waals surface area contributed by atoms with Gasteiger partial charge in [-0.2, -0.15) is 0 Å². The maximum absolute atomic E-state index is 13.3. The minimum Gasteiger partial charge on any atom is -0.316 e. The van der Waals surface area contributed by atoms with E-state index in [1.165, 1.54) is 6.07 Å². The van der Waals surface area contributed by atoms with Crippen LogP contribution in [0.25, 0.3) is 0 Å². The van der Waals surface area contributed by atoms with Crippen molar-refractivity contribution in [3.05, 3.63) is 35.1 Å². The molecule has 1 atom stereocenters. The minimum atomic E-state index is -0.329. The van der Waals surface area contributed by atoms with Crippen LogP contribution >= 0.6 is 0 Å². The summed E-state index contributed by atoms with van der Waals surface area (Å²) < 4.78 is 13.3. The molecule has 0 radical (unpaired) electrons. The van der Waals surface area contributed by atoms with E-state index in [0.717, 1.165) is 19.5 Å². The Bertz CT molecular complexity index is 462. The number of aryl methyl sites for hydroxylation is 1. The van der Waals surface area contributed by atoms with Crippen LogP contribution in [-0.2, 0) is 0 Å². The summed E-state index contributed by atoms with van der Waals surface area (Å²) in [6, 6.07) is 4.66. The first kappa shape index (κ1) is 13.2. The second kappa shape index (κ2) is 4.81. The molecule has 0 bridgehead atoms. The highest BCUT2D eigenvalue weighted by Crippen LogP contribution is 2.37. The van der Waals surface area contributed by atoms with Crippen molar-refractivity contribution in [2.24, 2.45) is 11.3 Å². The Labute approximate surface area is 108 Å². The topological polar surface area (TPSA) is 29.1 Å². The number of rotatable bonds is 3. The summed E-state index contributed by atoms with van der Waals surface area (Å²) in [5.41, 5.74) is 0.835. The van der Waals surface area contributed by atoms with Gasteiger partial charge in [-0.25, -0.2) is 4.39 Å². The van der Waals surface area contributed by atoms with Gasteiger partial charge in [0.15, 0.2) is 5.78 Å². The molecule has 0 amide bonds. The van der Waals surface area contributed by atoms with Crippen molar-refractivity contribution >= 4 is 5.78 Å². The highest BCUT2D eigenvalue weighted by atomic mass is 19.1. The summed E-state index contributed by atoms with van der Waals surface area (Å²) in [5, 5.41) is 3.28. The van der Waals surface area contributed by atoms with Crippen molar-refractivity contribution in [1.82, 2.24) is 5.32 Å². The molecule has 1 aromatic carbocycles. The van der Waals surface area contributed by atoms with Crippen molar-refractivity contribution in [2.75, 3.05) is 13.1 Å². The third-order valence-electron chi connectivity index (χ3n) is 4.17. The molecule has 1 aliphatic heterocycles. The van der Waals surface area contributed by atoms with Crippen LogP contribution in [0.4, 0.5) is 4.39 Å². The van der Waals surface area contributed by atoms with Gasteiger partial charge in [0.1, 0.15) is 5.82 Å². The zero-order valence-electron chi connectivity index (χ0n) is 11.2. The van der Waals surface area contributed by atoms with Gasteiger partial charge < -0.3 is 5.32 Å². The summed E-state index contributed by atoms with van der Waals surface area (Å²) in [6.07, 6.45) is 0.861. The van der Waals surface area contributed by atoms with Gasteiger partial charge in [-0.05, 0) is 49.6 Å². The molecule has 1 N–H and O–H groups in total. The third-order valence-corrected chi connectivity index (χ3v) is 4.17. The van der Waals surface area contributed by atoms with Crippen molar-refractivity contribution < 1.29 is 9.18 Å². The van der Waals surface area contributed by atoms with Crippen LogP contribution < -0.4 is 5.32 Å². The maximum Gasteiger partial charge on any atom is 0.170 e. The summed E-state index contributed by atoms with van der Waals surface area (Å²) >= 11 is 0. The molecule has 3 heteroatoms. The van der Waals surface area contributed by atoms with E-state index in [9.17, 15) is 9.18 Å². The van der Waals surface area contributed by atoms with Gasteiger partial charge >= 0.3 is 0 Å². The minimum absolute atomic E-state index is 0.144. The van der Waals surface area contributed by atoms with Gasteiger partial charge in [-0.15, -0.1) is 0 Å². The number of hydrogen-bond donors (Lipinski definition) is 1. The number of hydrogen-bond acceptors (Lipinski definition) is 2. The molecule has 0 saturated carbocycles. The van der Waals surface area contributed by atoms with E-state index in [2.05, 4.69) is 19.2 Å². The van der Waals surface area contributed by atoms with Crippen LogP contribution in [0.2, 0.25) is 0 Å². The van der Waals surface area contributed by atoms with Gasteiger partial charge in [0, 0.05) is 17.5 Å². The number of halogens is 1. The molecule has 0 aromatic heterocycles. The fourth-order valence-electron chi connectivity index (χ4n) is 2.73. The molecule has 2 nitrogen and oxygen atoms in total. The van der Waals surface area contributed by atoms with E-state index in [4.69, 9.17) is 0 Å². The number of carbonyl (C=O) groups excluding carboxylic acids is 1. The second-order valence-corrected chi connectivity index (χ2v) is 5.53. The van der Waals surface area contributed by atoms with Gasteiger partial charge in [-0.1, -0.05) is 13.8 Å². The van der Waals surface area contributed by atoms with E-state index >= 15 is 0 Å². The smallest absolute Gasteiger partial charge is 0.170 e. The number of ketones is 1. The number of nitrogens with one attached hydrogen (secondary N) is 1. The number of benzene rings is 1. The lowest BCUT2D eigenvalue weighted by molar-refractivity contribution is 0.0740. The van der Waals surface area contributed by atoms with Crippen LogP contribution in [-0.4, -0.2) is 18.9 Å². The molecule has 1 aliphatic rings. The summed E-state index contributed by atoms with van der Waals surface area (Å²) in [5.74, 6) is 0.172. The van der Waals surface area contributed by atoms with Gasteiger partial charge in [0.25, 0.3) is 0 Å². The van der Waals surface area contributed by atoms with E-state index in [1.807, 2.05) is 0 Å². The Morgan fingerprint density at radius 1 is 1.44 bits per heavy atom. The fraction of sp³-hybridized carbons (Fsp3) is 0.533. The quantitative estimate of drug-likeness (QED) is 0.834. The third kappa shape index (κ3) is 2.07. The first-order valence-electron chi connectivity index (χ1n) is 6.49. The first-order valence-corrected chi connectivity index (χ1v) is 6.49. The van der Waals surface area contributed by atoms with Crippen molar-refractivity contribution in [2.45, 2.75) is 27.2 Å². The monoisotopic (exact) mass is 249 g/mol. The first-order chi connectivity index (χ1) is 8.47. The molecule has 1 fully saturated rings. The number of carbonyl (C=O) groups is 1. The zero-order valence-corrected chi connectivity index (χ0v) is 11.2. The molecule has 1 saturated heterocycles. The van der Waals surface area contributed by atoms with E-state index < -0.39 is 0 Å². The van der Waals surface area contributed by atoms with Gasteiger partial charge in [0.05, 0.1) is 0 Å². The summed E-state index contributed by atoms with van der Waals surface area (Å²) in [4.78, 5) is 12.7. The molecule has 0 spiro atoms. The SMILES string of the molecule is Cc1cc(C(=O)C2(C(C)C)CCNC2)ccc1F. The molecule has 0 aliphatic carbocycles. The maximum atomic E-state index is 13.3. The van der Waals surface area contributed by atoms with Crippen LogP contribution in [0.1, 0.15) is 36.2 Å². The predicted octanol–water partition coefficient (Wildman–Crippen LogP) is 2.95. The van der Waals surface area contributed by atoms with Crippen molar-refractivity contribution in [3.63, 3.8) is 0 Å².